The molecule has 1 aliphatic heterocycles. The van der Waals surface area contributed by atoms with Gasteiger partial charge >= 0.3 is 0 Å². The Hall–Kier alpha value is -0.890. The molecule has 0 bridgehead atoms. The Labute approximate surface area is 98.7 Å². The number of aromatic nitrogens is 1. The average Bonchev–Trinajstić information content (AvgIpc) is 2.23. The highest BCUT2D eigenvalue weighted by Gasteiger charge is 2.24. The molecule has 1 aliphatic rings. The maximum Gasteiger partial charge on any atom is 0.0313 e. The molecule has 0 radical (unpaired) electrons. The Bertz CT molecular complexity index is 340. The van der Waals surface area contributed by atoms with Gasteiger partial charge in [0.25, 0.3) is 0 Å². The van der Waals surface area contributed by atoms with Crippen molar-refractivity contribution >= 4 is 0 Å². The fourth-order valence-electron chi connectivity index (χ4n) is 2.23. The zero-order valence-corrected chi connectivity index (χ0v) is 10.6. The summed E-state index contributed by atoms with van der Waals surface area (Å²) < 4.78 is 0. The Morgan fingerprint density at radius 3 is 2.75 bits per heavy atom. The quantitative estimate of drug-likeness (QED) is 0.772. The first kappa shape index (κ1) is 11.6. The van der Waals surface area contributed by atoms with Gasteiger partial charge < -0.3 is 0 Å². The molecule has 1 saturated heterocycles. The van der Waals surface area contributed by atoms with Crippen molar-refractivity contribution in [1.29, 1.82) is 0 Å². The summed E-state index contributed by atoms with van der Waals surface area (Å²) in [5, 5.41) is 0. The van der Waals surface area contributed by atoms with E-state index in [2.05, 4.69) is 36.7 Å². The molecule has 0 atom stereocenters. The second-order valence-electron chi connectivity index (χ2n) is 5.25. The van der Waals surface area contributed by atoms with Crippen LogP contribution < -0.4 is 0 Å². The summed E-state index contributed by atoms with van der Waals surface area (Å²) in [4.78, 5) is 6.84. The Kier molecular flexibility index (Phi) is 3.59. The summed E-state index contributed by atoms with van der Waals surface area (Å²) in [6.45, 7) is 10.3. The summed E-state index contributed by atoms with van der Waals surface area (Å²) in [6.07, 6.45) is 5.31. The van der Waals surface area contributed by atoms with Crippen LogP contribution in [0.4, 0.5) is 0 Å². The standard InChI is InChI=1S/C14H22N2/c1-4-12-8-16(9-12)10-13-5-14(11(2)3)7-15-6-13/h5-7,11-12H,4,8-10H2,1-3H3. The van der Waals surface area contributed by atoms with Gasteiger partial charge in [0, 0.05) is 32.0 Å². The highest BCUT2D eigenvalue weighted by atomic mass is 15.2. The van der Waals surface area contributed by atoms with Crippen LogP contribution in [-0.2, 0) is 6.54 Å². The number of pyridine rings is 1. The van der Waals surface area contributed by atoms with Crippen molar-refractivity contribution in [3.8, 4) is 0 Å². The first-order valence-electron chi connectivity index (χ1n) is 6.35. The predicted molar refractivity (Wildman–Crippen MR) is 67.4 cm³/mol. The molecule has 1 aromatic rings. The van der Waals surface area contributed by atoms with E-state index >= 15 is 0 Å². The fraction of sp³-hybridized carbons (Fsp3) is 0.643. The van der Waals surface area contributed by atoms with Crippen molar-refractivity contribution in [3.63, 3.8) is 0 Å². The van der Waals surface area contributed by atoms with E-state index < -0.39 is 0 Å². The third-order valence-electron chi connectivity index (χ3n) is 3.50. The van der Waals surface area contributed by atoms with Gasteiger partial charge in [-0.05, 0) is 23.0 Å². The topological polar surface area (TPSA) is 16.1 Å². The van der Waals surface area contributed by atoms with Crippen LogP contribution in [0.3, 0.4) is 0 Å². The van der Waals surface area contributed by atoms with Crippen LogP contribution in [0.5, 0.6) is 0 Å². The summed E-state index contributed by atoms with van der Waals surface area (Å²) in [5.41, 5.74) is 2.71. The number of hydrogen-bond donors (Lipinski definition) is 0. The van der Waals surface area contributed by atoms with Gasteiger partial charge in [0.05, 0.1) is 0 Å². The van der Waals surface area contributed by atoms with Crippen molar-refractivity contribution in [1.82, 2.24) is 9.88 Å². The van der Waals surface area contributed by atoms with E-state index in [1.165, 1.54) is 30.6 Å². The molecule has 0 amide bonds. The van der Waals surface area contributed by atoms with Gasteiger partial charge in [0.2, 0.25) is 0 Å². The summed E-state index contributed by atoms with van der Waals surface area (Å²) in [7, 11) is 0. The highest BCUT2D eigenvalue weighted by Crippen LogP contribution is 2.22. The van der Waals surface area contributed by atoms with Gasteiger partial charge in [-0.25, -0.2) is 0 Å². The molecule has 2 nitrogen and oxygen atoms in total. The molecule has 16 heavy (non-hydrogen) atoms. The van der Waals surface area contributed by atoms with Crippen LogP contribution in [0.15, 0.2) is 18.5 Å². The largest absolute Gasteiger partial charge is 0.298 e. The second-order valence-corrected chi connectivity index (χ2v) is 5.25. The Morgan fingerprint density at radius 1 is 1.38 bits per heavy atom. The van der Waals surface area contributed by atoms with Crippen LogP contribution in [0.2, 0.25) is 0 Å². The molecule has 1 fully saturated rings. The Morgan fingerprint density at radius 2 is 2.12 bits per heavy atom. The van der Waals surface area contributed by atoms with E-state index in [9.17, 15) is 0 Å². The number of hydrogen-bond acceptors (Lipinski definition) is 2. The lowest BCUT2D eigenvalue weighted by atomic mass is 9.96. The van der Waals surface area contributed by atoms with Gasteiger partial charge in [-0.2, -0.15) is 0 Å². The van der Waals surface area contributed by atoms with Crippen molar-refractivity contribution in [2.45, 2.75) is 39.7 Å². The molecule has 0 aliphatic carbocycles. The number of nitrogens with zero attached hydrogens (tertiary/aromatic N) is 2. The minimum Gasteiger partial charge on any atom is -0.298 e. The third kappa shape index (κ3) is 2.62. The van der Waals surface area contributed by atoms with E-state index in [-0.39, 0.29) is 0 Å². The van der Waals surface area contributed by atoms with E-state index in [1.807, 2.05) is 12.4 Å². The lowest BCUT2D eigenvalue weighted by molar-refractivity contribution is 0.0897. The third-order valence-corrected chi connectivity index (χ3v) is 3.50. The van der Waals surface area contributed by atoms with E-state index in [1.54, 1.807) is 0 Å². The van der Waals surface area contributed by atoms with Crippen LogP contribution in [-0.4, -0.2) is 23.0 Å². The first-order chi connectivity index (χ1) is 7.69. The average molecular weight is 218 g/mol. The molecule has 0 unspecified atom stereocenters. The lowest BCUT2D eigenvalue weighted by Crippen LogP contribution is -2.45. The second kappa shape index (κ2) is 4.96. The van der Waals surface area contributed by atoms with Gasteiger partial charge in [0.1, 0.15) is 0 Å². The van der Waals surface area contributed by atoms with Crippen molar-refractivity contribution < 1.29 is 0 Å². The van der Waals surface area contributed by atoms with E-state index in [4.69, 9.17) is 0 Å². The molecule has 2 heteroatoms. The zero-order chi connectivity index (χ0) is 11.5. The van der Waals surface area contributed by atoms with Gasteiger partial charge in [0.15, 0.2) is 0 Å². The predicted octanol–water partition coefficient (Wildman–Crippen LogP) is 3.05. The maximum absolute atomic E-state index is 4.33. The van der Waals surface area contributed by atoms with Crippen LogP contribution in [0.25, 0.3) is 0 Å². The Balaban J connectivity index is 1.92. The molecular formula is C14H22N2. The molecule has 1 aromatic heterocycles. The molecule has 0 aromatic carbocycles. The molecule has 2 heterocycles. The summed E-state index contributed by atoms with van der Waals surface area (Å²) in [6, 6.07) is 2.30. The van der Waals surface area contributed by atoms with Crippen molar-refractivity contribution in [3.05, 3.63) is 29.6 Å². The zero-order valence-electron chi connectivity index (χ0n) is 10.6. The number of rotatable bonds is 4. The minimum atomic E-state index is 0.576. The molecule has 0 N–H and O–H groups in total. The minimum absolute atomic E-state index is 0.576. The molecule has 88 valence electrons. The smallest absolute Gasteiger partial charge is 0.0313 e. The molecule has 0 saturated carbocycles. The summed E-state index contributed by atoms with van der Waals surface area (Å²) in [5.74, 6) is 1.51. The monoisotopic (exact) mass is 218 g/mol. The number of likely N-dealkylation sites (tertiary alicyclic amines) is 1. The van der Waals surface area contributed by atoms with Gasteiger partial charge in [-0.1, -0.05) is 33.3 Å². The van der Waals surface area contributed by atoms with Crippen molar-refractivity contribution in [2.24, 2.45) is 5.92 Å². The van der Waals surface area contributed by atoms with Crippen LogP contribution >= 0.6 is 0 Å². The maximum atomic E-state index is 4.33. The molecule has 2 rings (SSSR count). The van der Waals surface area contributed by atoms with Crippen molar-refractivity contribution in [2.75, 3.05) is 13.1 Å². The molecule has 0 spiro atoms. The SMILES string of the molecule is CCC1CN(Cc2cncc(C(C)C)c2)C1. The van der Waals surface area contributed by atoms with Crippen LogP contribution in [0.1, 0.15) is 44.2 Å². The first-order valence-corrected chi connectivity index (χ1v) is 6.35. The van der Waals surface area contributed by atoms with Crippen LogP contribution in [0, 0.1) is 5.92 Å². The summed E-state index contributed by atoms with van der Waals surface area (Å²) >= 11 is 0. The highest BCUT2D eigenvalue weighted by molar-refractivity contribution is 5.20. The lowest BCUT2D eigenvalue weighted by Gasteiger charge is -2.38. The van der Waals surface area contributed by atoms with E-state index in [0.29, 0.717) is 5.92 Å². The van der Waals surface area contributed by atoms with Gasteiger partial charge in [-0.15, -0.1) is 0 Å². The fourth-order valence-corrected chi connectivity index (χ4v) is 2.23. The van der Waals surface area contributed by atoms with Gasteiger partial charge in [-0.3, -0.25) is 9.88 Å². The normalized spacial score (nSPS) is 17.8. The van der Waals surface area contributed by atoms with E-state index in [0.717, 1.165) is 12.5 Å². The molecular weight excluding hydrogens is 196 g/mol.